The number of rotatable bonds is 5. The van der Waals surface area contributed by atoms with Gasteiger partial charge < -0.3 is 9.67 Å². The Morgan fingerprint density at radius 1 is 1.50 bits per heavy atom. The summed E-state index contributed by atoms with van der Waals surface area (Å²) in [5.41, 5.74) is 0. The maximum absolute atomic E-state index is 9.60. The van der Waals surface area contributed by atoms with Crippen LogP contribution in [0.2, 0.25) is 0 Å². The summed E-state index contributed by atoms with van der Waals surface area (Å²) in [5.74, 6) is 1.46. The summed E-state index contributed by atoms with van der Waals surface area (Å²) in [7, 11) is 2.00. The van der Waals surface area contributed by atoms with Crippen LogP contribution >= 0.6 is 0 Å². The molecule has 1 unspecified atom stereocenters. The Hall–Kier alpha value is -0.830. The van der Waals surface area contributed by atoms with Gasteiger partial charge in [-0.1, -0.05) is 13.8 Å². The Morgan fingerprint density at radius 3 is 2.71 bits per heavy atom. The molecule has 0 aliphatic heterocycles. The van der Waals surface area contributed by atoms with Gasteiger partial charge in [-0.25, -0.2) is 4.98 Å². The summed E-state index contributed by atoms with van der Waals surface area (Å²) in [4.78, 5) is 4.24. The third-order valence-corrected chi connectivity index (χ3v) is 2.59. The molecule has 0 aliphatic rings. The average Bonchev–Trinajstić information content (AvgIpc) is 2.51. The van der Waals surface area contributed by atoms with Gasteiger partial charge in [0.05, 0.1) is 6.10 Å². The molecule has 0 saturated heterocycles. The zero-order valence-corrected chi connectivity index (χ0v) is 9.27. The standard InChI is InChI=1S/C11H20N2O/c1-9(2)10(14)5-4-6-11-12-7-8-13(11)3/h7-10,14H,4-6H2,1-3H3. The molecule has 1 aromatic heterocycles. The molecule has 0 aliphatic carbocycles. The SMILES string of the molecule is CC(C)C(O)CCCc1nccn1C. The summed E-state index contributed by atoms with van der Waals surface area (Å²) in [6.45, 7) is 4.09. The second-order valence-electron chi connectivity index (χ2n) is 4.16. The molecule has 0 radical (unpaired) electrons. The minimum Gasteiger partial charge on any atom is -0.393 e. The predicted octanol–water partition coefficient (Wildman–Crippen LogP) is 1.76. The van der Waals surface area contributed by atoms with E-state index in [1.54, 1.807) is 0 Å². The third-order valence-electron chi connectivity index (χ3n) is 2.59. The highest BCUT2D eigenvalue weighted by atomic mass is 16.3. The lowest BCUT2D eigenvalue weighted by molar-refractivity contribution is 0.114. The van der Waals surface area contributed by atoms with Gasteiger partial charge in [0, 0.05) is 25.9 Å². The smallest absolute Gasteiger partial charge is 0.108 e. The molecule has 0 fully saturated rings. The molecule has 1 N–H and O–H groups in total. The number of hydrogen-bond donors (Lipinski definition) is 1. The number of nitrogens with zero attached hydrogens (tertiary/aromatic N) is 2. The van der Waals surface area contributed by atoms with Crippen molar-refractivity contribution >= 4 is 0 Å². The fraction of sp³-hybridized carbons (Fsp3) is 0.727. The fourth-order valence-electron chi connectivity index (χ4n) is 1.44. The van der Waals surface area contributed by atoms with Gasteiger partial charge >= 0.3 is 0 Å². The monoisotopic (exact) mass is 196 g/mol. The Balaban J connectivity index is 2.25. The molecule has 3 nitrogen and oxygen atoms in total. The second kappa shape index (κ2) is 5.15. The van der Waals surface area contributed by atoms with Crippen molar-refractivity contribution in [3.05, 3.63) is 18.2 Å². The highest BCUT2D eigenvalue weighted by Crippen LogP contribution is 2.10. The normalized spacial score (nSPS) is 13.5. The van der Waals surface area contributed by atoms with E-state index in [4.69, 9.17) is 0 Å². The summed E-state index contributed by atoms with van der Waals surface area (Å²) < 4.78 is 2.03. The zero-order valence-electron chi connectivity index (χ0n) is 9.27. The summed E-state index contributed by atoms with van der Waals surface area (Å²) in [6.07, 6.45) is 6.42. The molecule has 0 saturated carbocycles. The number of aromatic nitrogens is 2. The van der Waals surface area contributed by atoms with E-state index in [1.807, 2.05) is 37.9 Å². The molecule has 1 heterocycles. The molecule has 0 amide bonds. The minimum absolute atomic E-state index is 0.171. The quantitative estimate of drug-likeness (QED) is 0.779. The van der Waals surface area contributed by atoms with Crippen LogP contribution in [0.1, 0.15) is 32.5 Å². The van der Waals surface area contributed by atoms with Gasteiger partial charge in [-0.2, -0.15) is 0 Å². The van der Waals surface area contributed by atoms with Crippen LogP contribution in [0.4, 0.5) is 0 Å². The van der Waals surface area contributed by atoms with E-state index in [9.17, 15) is 5.11 Å². The van der Waals surface area contributed by atoms with E-state index in [0.29, 0.717) is 5.92 Å². The minimum atomic E-state index is -0.171. The van der Waals surface area contributed by atoms with Crippen LogP contribution in [-0.2, 0) is 13.5 Å². The van der Waals surface area contributed by atoms with Gasteiger partial charge in [0.1, 0.15) is 5.82 Å². The average molecular weight is 196 g/mol. The Labute approximate surface area is 85.8 Å². The third kappa shape index (κ3) is 3.14. The van der Waals surface area contributed by atoms with Crippen LogP contribution in [0.5, 0.6) is 0 Å². The van der Waals surface area contributed by atoms with E-state index in [1.165, 1.54) is 0 Å². The van der Waals surface area contributed by atoms with Crippen molar-refractivity contribution in [2.45, 2.75) is 39.2 Å². The molecule has 80 valence electrons. The highest BCUT2D eigenvalue weighted by Gasteiger charge is 2.09. The molecular weight excluding hydrogens is 176 g/mol. The Kier molecular flexibility index (Phi) is 4.14. The van der Waals surface area contributed by atoms with Gasteiger partial charge in [0.2, 0.25) is 0 Å². The molecule has 14 heavy (non-hydrogen) atoms. The van der Waals surface area contributed by atoms with Crippen LogP contribution < -0.4 is 0 Å². The van der Waals surface area contributed by atoms with E-state index < -0.39 is 0 Å². The zero-order chi connectivity index (χ0) is 10.6. The van der Waals surface area contributed by atoms with Crippen molar-refractivity contribution in [3.63, 3.8) is 0 Å². The van der Waals surface area contributed by atoms with Gasteiger partial charge in [-0.05, 0) is 18.8 Å². The Morgan fingerprint density at radius 2 is 2.21 bits per heavy atom. The molecule has 0 bridgehead atoms. The van der Waals surface area contributed by atoms with Crippen molar-refractivity contribution in [2.24, 2.45) is 13.0 Å². The van der Waals surface area contributed by atoms with Crippen LogP contribution in [0, 0.1) is 5.92 Å². The largest absolute Gasteiger partial charge is 0.393 e. The van der Waals surface area contributed by atoms with Gasteiger partial charge in [-0.15, -0.1) is 0 Å². The first kappa shape index (κ1) is 11.2. The maximum Gasteiger partial charge on any atom is 0.108 e. The lowest BCUT2D eigenvalue weighted by Crippen LogP contribution is -2.14. The van der Waals surface area contributed by atoms with Gasteiger partial charge in [0.15, 0.2) is 0 Å². The maximum atomic E-state index is 9.60. The van der Waals surface area contributed by atoms with Crippen LogP contribution in [-0.4, -0.2) is 20.8 Å². The van der Waals surface area contributed by atoms with Gasteiger partial charge in [0.25, 0.3) is 0 Å². The van der Waals surface area contributed by atoms with E-state index in [0.717, 1.165) is 25.1 Å². The molecule has 1 rings (SSSR count). The number of aliphatic hydroxyl groups excluding tert-OH is 1. The van der Waals surface area contributed by atoms with Crippen LogP contribution in [0.3, 0.4) is 0 Å². The molecule has 1 aromatic rings. The number of aliphatic hydroxyl groups is 1. The number of imidazole rings is 1. The first-order chi connectivity index (χ1) is 6.61. The van der Waals surface area contributed by atoms with Crippen LogP contribution in [0.15, 0.2) is 12.4 Å². The second-order valence-corrected chi connectivity index (χ2v) is 4.16. The predicted molar refractivity (Wildman–Crippen MR) is 57.0 cm³/mol. The van der Waals surface area contributed by atoms with Gasteiger partial charge in [-0.3, -0.25) is 0 Å². The first-order valence-electron chi connectivity index (χ1n) is 5.25. The van der Waals surface area contributed by atoms with Crippen LogP contribution in [0.25, 0.3) is 0 Å². The van der Waals surface area contributed by atoms with Crippen molar-refractivity contribution in [1.82, 2.24) is 9.55 Å². The molecule has 0 aromatic carbocycles. The summed E-state index contributed by atoms with van der Waals surface area (Å²) in [5, 5.41) is 9.60. The lowest BCUT2D eigenvalue weighted by Gasteiger charge is -2.13. The summed E-state index contributed by atoms with van der Waals surface area (Å²) >= 11 is 0. The Bertz CT molecular complexity index is 268. The molecule has 1 atom stereocenters. The highest BCUT2D eigenvalue weighted by molar-refractivity contribution is 4.90. The van der Waals surface area contributed by atoms with Crippen molar-refractivity contribution < 1.29 is 5.11 Å². The van der Waals surface area contributed by atoms with Crippen molar-refractivity contribution in [3.8, 4) is 0 Å². The van der Waals surface area contributed by atoms with E-state index in [-0.39, 0.29) is 6.10 Å². The lowest BCUT2D eigenvalue weighted by atomic mass is 10.0. The van der Waals surface area contributed by atoms with E-state index >= 15 is 0 Å². The number of aryl methyl sites for hydroxylation is 2. The van der Waals surface area contributed by atoms with Crippen molar-refractivity contribution in [2.75, 3.05) is 0 Å². The number of hydrogen-bond acceptors (Lipinski definition) is 2. The van der Waals surface area contributed by atoms with E-state index in [2.05, 4.69) is 4.98 Å². The summed E-state index contributed by atoms with van der Waals surface area (Å²) in [6, 6.07) is 0. The van der Waals surface area contributed by atoms with Crippen molar-refractivity contribution in [1.29, 1.82) is 0 Å². The molecule has 0 spiro atoms. The fourth-order valence-corrected chi connectivity index (χ4v) is 1.44. The molecular formula is C11H20N2O. The topological polar surface area (TPSA) is 38.1 Å². The first-order valence-corrected chi connectivity index (χ1v) is 5.25. The molecule has 3 heteroatoms.